The van der Waals surface area contributed by atoms with Crippen LogP contribution in [0.4, 0.5) is 18.9 Å². The number of carbonyl (C=O) groups is 2. The van der Waals surface area contributed by atoms with Crippen LogP contribution in [0.3, 0.4) is 0 Å². The number of carbonyl (C=O) groups excluding carboxylic acids is 2. The molecule has 186 valence electrons. The molecule has 3 aromatic rings. The van der Waals surface area contributed by atoms with E-state index in [0.29, 0.717) is 17.9 Å². The Kier molecular flexibility index (Phi) is 6.74. The number of hydrogen-bond donors (Lipinski definition) is 2. The Balaban J connectivity index is 1.82. The summed E-state index contributed by atoms with van der Waals surface area (Å²) in [5, 5.41) is 20.8. The minimum atomic E-state index is -4.57. The van der Waals surface area contributed by atoms with Crippen LogP contribution in [-0.4, -0.2) is 28.5 Å². The molecule has 1 unspecified atom stereocenters. The minimum Gasteiger partial charge on any atom is -0.508 e. The van der Waals surface area contributed by atoms with Gasteiger partial charge in [-0.25, -0.2) is 0 Å². The molecule has 4 rings (SSSR count). The SMILES string of the molecule is CCCOc1ccc(/C(O)=C2\C(=O)C(=O)N(c3ccc(C(F)(F)F)cc3)C2c2ccc(O)cc2)cc1. The second-order valence-corrected chi connectivity index (χ2v) is 8.18. The summed E-state index contributed by atoms with van der Waals surface area (Å²) in [4.78, 5) is 27.3. The van der Waals surface area contributed by atoms with Crippen molar-refractivity contribution in [2.75, 3.05) is 11.5 Å². The molecule has 0 bridgehead atoms. The van der Waals surface area contributed by atoms with Gasteiger partial charge in [0.05, 0.1) is 23.8 Å². The van der Waals surface area contributed by atoms with Gasteiger partial charge in [-0.1, -0.05) is 19.1 Å². The first-order valence-corrected chi connectivity index (χ1v) is 11.1. The lowest BCUT2D eigenvalue weighted by Crippen LogP contribution is -2.29. The summed E-state index contributed by atoms with van der Waals surface area (Å²) in [6, 6.07) is 14.6. The molecule has 3 aromatic carbocycles. The molecule has 1 atom stereocenters. The molecule has 1 saturated heterocycles. The molecule has 0 aromatic heterocycles. The molecule has 0 saturated carbocycles. The van der Waals surface area contributed by atoms with Crippen molar-refractivity contribution in [1.82, 2.24) is 0 Å². The monoisotopic (exact) mass is 497 g/mol. The number of aliphatic hydroxyl groups is 1. The summed E-state index contributed by atoms with van der Waals surface area (Å²) in [5.74, 6) is -1.93. The van der Waals surface area contributed by atoms with Crippen LogP contribution in [0.5, 0.6) is 11.5 Å². The van der Waals surface area contributed by atoms with Crippen molar-refractivity contribution < 1.29 is 37.7 Å². The molecular weight excluding hydrogens is 475 g/mol. The number of aromatic hydroxyl groups is 1. The summed E-state index contributed by atoms with van der Waals surface area (Å²) in [6.45, 7) is 2.46. The first kappa shape index (κ1) is 24.8. The highest BCUT2D eigenvalue weighted by molar-refractivity contribution is 6.51. The van der Waals surface area contributed by atoms with Crippen LogP contribution in [0, 0.1) is 0 Å². The van der Waals surface area contributed by atoms with Crippen LogP contribution in [0.15, 0.2) is 78.4 Å². The van der Waals surface area contributed by atoms with Crippen molar-refractivity contribution in [1.29, 1.82) is 0 Å². The van der Waals surface area contributed by atoms with Gasteiger partial charge in [0.25, 0.3) is 11.7 Å². The average molecular weight is 497 g/mol. The molecular formula is C27H22F3NO5. The number of anilines is 1. The van der Waals surface area contributed by atoms with Crippen molar-refractivity contribution >= 4 is 23.1 Å². The van der Waals surface area contributed by atoms with E-state index < -0.39 is 35.2 Å². The lowest BCUT2D eigenvalue weighted by atomic mass is 9.95. The number of hydrogen-bond acceptors (Lipinski definition) is 5. The third-order valence-corrected chi connectivity index (χ3v) is 5.73. The predicted molar refractivity (Wildman–Crippen MR) is 127 cm³/mol. The largest absolute Gasteiger partial charge is 0.508 e. The maximum absolute atomic E-state index is 13.1. The molecule has 1 heterocycles. The molecule has 1 aliphatic heterocycles. The molecule has 0 aliphatic carbocycles. The zero-order valence-electron chi connectivity index (χ0n) is 19.1. The Morgan fingerprint density at radius 1 is 0.944 bits per heavy atom. The molecule has 36 heavy (non-hydrogen) atoms. The van der Waals surface area contributed by atoms with Gasteiger partial charge in [-0.2, -0.15) is 13.2 Å². The molecule has 2 N–H and O–H groups in total. The van der Waals surface area contributed by atoms with Gasteiger partial charge in [0.1, 0.15) is 17.3 Å². The minimum absolute atomic E-state index is 0.0468. The van der Waals surface area contributed by atoms with E-state index in [1.165, 1.54) is 24.3 Å². The number of benzene rings is 3. The van der Waals surface area contributed by atoms with Crippen molar-refractivity contribution in [2.45, 2.75) is 25.6 Å². The first-order chi connectivity index (χ1) is 17.1. The fraction of sp³-hybridized carbons (Fsp3) is 0.185. The van der Waals surface area contributed by atoms with Gasteiger partial charge in [-0.15, -0.1) is 0 Å². The maximum atomic E-state index is 13.1. The third-order valence-electron chi connectivity index (χ3n) is 5.73. The number of amides is 1. The molecule has 1 amide bonds. The smallest absolute Gasteiger partial charge is 0.416 e. The van der Waals surface area contributed by atoms with Gasteiger partial charge in [-0.3, -0.25) is 14.5 Å². The Labute approximate surface area is 204 Å². The fourth-order valence-corrected chi connectivity index (χ4v) is 3.97. The second kappa shape index (κ2) is 9.77. The first-order valence-electron chi connectivity index (χ1n) is 11.1. The van der Waals surface area contributed by atoms with Crippen LogP contribution in [-0.2, 0) is 15.8 Å². The fourth-order valence-electron chi connectivity index (χ4n) is 3.97. The zero-order valence-corrected chi connectivity index (χ0v) is 19.1. The Bertz CT molecular complexity index is 1300. The van der Waals surface area contributed by atoms with E-state index in [9.17, 15) is 33.0 Å². The number of phenolic OH excluding ortho intramolecular Hbond substituents is 1. The Hall–Kier alpha value is -4.27. The molecule has 9 heteroatoms. The molecule has 1 aliphatic rings. The van der Waals surface area contributed by atoms with Gasteiger partial charge in [0.2, 0.25) is 0 Å². The highest BCUT2D eigenvalue weighted by Gasteiger charge is 2.47. The topological polar surface area (TPSA) is 87.1 Å². The maximum Gasteiger partial charge on any atom is 0.416 e. The van der Waals surface area contributed by atoms with Crippen molar-refractivity contribution in [3.05, 3.63) is 95.1 Å². The second-order valence-electron chi connectivity index (χ2n) is 8.18. The highest BCUT2D eigenvalue weighted by Crippen LogP contribution is 2.43. The number of phenols is 1. The third kappa shape index (κ3) is 4.77. The Morgan fingerprint density at radius 2 is 1.56 bits per heavy atom. The van der Waals surface area contributed by atoms with Gasteiger partial charge in [0, 0.05) is 11.3 Å². The highest BCUT2D eigenvalue weighted by atomic mass is 19.4. The summed E-state index contributed by atoms with van der Waals surface area (Å²) in [7, 11) is 0. The number of halogens is 3. The van der Waals surface area contributed by atoms with Crippen molar-refractivity contribution in [3.63, 3.8) is 0 Å². The molecule has 0 spiro atoms. The molecule has 0 radical (unpaired) electrons. The number of alkyl halides is 3. The van der Waals surface area contributed by atoms with Gasteiger partial charge in [0.15, 0.2) is 0 Å². The van der Waals surface area contributed by atoms with E-state index in [0.717, 1.165) is 35.6 Å². The van der Waals surface area contributed by atoms with E-state index in [-0.39, 0.29) is 22.6 Å². The van der Waals surface area contributed by atoms with Crippen LogP contribution in [0.1, 0.15) is 36.1 Å². The number of ketones is 1. The van der Waals surface area contributed by atoms with Crippen LogP contribution in [0.2, 0.25) is 0 Å². The number of Topliss-reactive ketones (excluding diaryl/α,β-unsaturated/α-hetero) is 1. The van der Waals surface area contributed by atoms with E-state index >= 15 is 0 Å². The lowest BCUT2D eigenvalue weighted by molar-refractivity contribution is -0.137. The number of rotatable bonds is 6. The predicted octanol–water partition coefficient (Wildman–Crippen LogP) is 5.83. The number of aliphatic hydroxyl groups excluding tert-OH is 1. The van der Waals surface area contributed by atoms with Crippen molar-refractivity contribution in [3.8, 4) is 11.5 Å². The summed E-state index contributed by atoms with van der Waals surface area (Å²) < 4.78 is 44.7. The normalized spacial score (nSPS) is 17.4. The van der Waals surface area contributed by atoms with Gasteiger partial charge in [-0.05, 0) is 72.6 Å². The Morgan fingerprint density at radius 3 is 2.11 bits per heavy atom. The van der Waals surface area contributed by atoms with E-state index in [1.54, 1.807) is 24.3 Å². The summed E-state index contributed by atoms with van der Waals surface area (Å²) >= 11 is 0. The summed E-state index contributed by atoms with van der Waals surface area (Å²) in [6.07, 6.45) is -3.77. The quantitative estimate of drug-likeness (QED) is 0.254. The summed E-state index contributed by atoms with van der Waals surface area (Å²) in [5.41, 5.74) is -0.461. The van der Waals surface area contributed by atoms with E-state index in [1.807, 2.05) is 6.92 Å². The van der Waals surface area contributed by atoms with Crippen molar-refractivity contribution in [2.24, 2.45) is 0 Å². The standard InChI is InChI=1S/C27H22F3NO5/c1-2-15-36-21-13-5-17(6-14-21)24(33)22-23(16-3-11-20(32)12-4-16)31(26(35)25(22)34)19-9-7-18(8-10-19)27(28,29)30/h3-14,23,32-33H,2,15H2,1H3/b24-22+. The lowest BCUT2D eigenvalue weighted by Gasteiger charge is -2.25. The van der Waals surface area contributed by atoms with Crippen LogP contribution >= 0.6 is 0 Å². The van der Waals surface area contributed by atoms with Crippen LogP contribution < -0.4 is 9.64 Å². The van der Waals surface area contributed by atoms with Gasteiger partial charge < -0.3 is 14.9 Å². The molecule has 1 fully saturated rings. The van der Waals surface area contributed by atoms with Gasteiger partial charge >= 0.3 is 6.18 Å². The zero-order chi connectivity index (χ0) is 26.0. The number of ether oxygens (including phenoxy) is 1. The van der Waals surface area contributed by atoms with Crippen LogP contribution in [0.25, 0.3) is 5.76 Å². The molecule has 6 nitrogen and oxygen atoms in total. The number of nitrogens with zero attached hydrogens (tertiary/aromatic N) is 1. The van der Waals surface area contributed by atoms with E-state index in [2.05, 4.69) is 0 Å². The average Bonchev–Trinajstić information content (AvgIpc) is 3.13. The van der Waals surface area contributed by atoms with E-state index in [4.69, 9.17) is 4.74 Å².